The van der Waals surface area contributed by atoms with Gasteiger partial charge >= 0.3 is 5.91 Å². The predicted octanol–water partition coefficient (Wildman–Crippen LogP) is 1.55. The van der Waals surface area contributed by atoms with E-state index < -0.39 is 37.8 Å². The lowest BCUT2D eigenvalue weighted by molar-refractivity contribution is -0.130. The Morgan fingerprint density at radius 2 is 2.61 bits per heavy atom. The third-order valence-electron chi connectivity index (χ3n) is 3.88. The molecule has 0 unspecified atom stereocenters. The van der Waals surface area contributed by atoms with Crippen LogP contribution in [0.2, 0.25) is 0 Å². The van der Waals surface area contributed by atoms with Crippen LogP contribution < -0.4 is 4.90 Å². The van der Waals surface area contributed by atoms with Crippen LogP contribution in [0, 0.1) is 12.5 Å². The Kier molecular flexibility index (Phi) is 2.58. The minimum Gasteiger partial charge on any atom is -0.354 e. The fourth-order valence-corrected chi connectivity index (χ4v) is 2.66. The average Bonchev–Trinajstić information content (AvgIpc) is 3.06. The highest BCUT2D eigenvalue weighted by Crippen LogP contribution is 2.28. The van der Waals surface area contributed by atoms with E-state index in [4.69, 9.17) is 14.8 Å². The molecule has 0 aliphatic carbocycles. The first-order chi connectivity index (χ1) is 13.5. The maximum absolute atomic E-state index is 12.4. The zero-order valence-corrected chi connectivity index (χ0v) is 12.6. The van der Waals surface area contributed by atoms with Crippen molar-refractivity contribution in [3.05, 3.63) is 30.0 Å². The highest BCUT2D eigenvalue weighted by molar-refractivity contribution is 5.87. The van der Waals surface area contributed by atoms with Crippen molar-refractivity contribution in [2.24, 2.45) is 5.92 Å². The summed E-state index contributed by atoms with van der Waals surface area (Å²) in [5.41, 5.74) is 0.370. The highest BCUT2D eigenvalue weighted by atomic mass is 16.2. The molecule has 2 atom stereocenters. The number of aromatic amines is 1. The van der Waals surface area contributed by atoms with Crippen LogP contribution in [0.15, 0.2) is 18.6 Å². The van der Waals surface area contributed by atoms with Crippen LogP contribution in [-0.2, 0) is 4.79 Å². The highest BCUT2D eigenvalue weighted by Gasteiger charge is 2.33. The molecule has 1 aliphatic rings. The Hall–Kier alpha value is -2.62. The number of amides is 1. The third-order valence-corrected chi connectivity index (χ3v) is 3.88. The molecule has 0 radical (unpaired) electrons. The summed E-state index contributed by atoms with van der Waals surface area (Å²) in [5, 5.41) is 0.508. The van der Waals surface area contributed by atoms with Gasteiger partial charge in [-0.05, 0) is 18.4 Å². The van der Waals surface area contributed by atoms with Crippen molar-refractivity contribution >= 4 is 22.8 Å². The normalized spacial score (nSPS) is 27.7. The number of rotatable bonds is 3. The number of likely N-dealkylation sites (tertiary alicyclic amines) is 1. The summed E-state index contributed by atoms with van der Waals surface area (Å²) < 4.78 is 48.9. The first-order valence-electron chi connectivity index (χ1n) is 10.2. The van der Waals surface area contributed by atoms with Crippen molar-refractivity contribution in [1.82, 2.24) is 19.9 Å². The van der Waals surface area contributed by atoms with E-state index in [-0.39, 0.29) is 25.1 Å². The number of piperidine rings is 1. The molecule has 1 N–H and O–H groups in total. The first kappa shape index (κ1) is 9.50. The molecule has 0 spiro atoms. The Morgan fingerprint density at radius 3 is 3.39 bits per heavy atom. The molecule has 0 aromatic carbocycles. The second kappa shape index (κ2) is 6.24. The topological polar surface area (TPSA) is 69.5 Å². The fourth-order valence-electron chi connectivity index (χ4n) is 2.66. The van der Waals surface area contributed by atoms with Gasteiger partial charge in [0.1, 0.15) is 19.1 Å². The van der Waals surface area contributed by atoms with Gasteiger partial charge in [-0.25, -0.2) is 16.5 Å². The van der Waals surface area contributed by atoms with Gasteiger partial charge in [0.2, 0.25) is 0 Å². The van der Waals surface area contributed by atoms with Crippen LogP contribution in [0.5, 0.6) is 0 Å². The van der Waals surface area contributed by atoms with Gasteiger partial charge in [0.25, 0.3) is 6.54 Å². The van der Waals surface area contributed by atoms with Gasteiger partial charge in [-0.15, -0.1) is 0 Å². The Labute approximate surface area is 143 Å². The van der Waals surface area contributed by atoms with E-state index >= 15 is 0 Å². The summed E-state index contributed by atoms with van der Waals surface area (Å²) in [5.74, 6) is -1.58. The van der Waals surface area contributed by atoms with Gasteiger partial charge in [-0.2, -0.15) is 0 Å². The zero-order valence-electron chi connectivity index (χ0n) is 18.6. The van der Waals surface area contributed by atoms with Gasteiger partial charge in [0.15, 0.2) is 0 Å². The number of fused-ring (bicyclic) bond motifs is 1. The quantitative estimate of drug-likeness (QED) is 0.872. The molecule has 120 valence electrons. The molecular weight excluding hydrogens is 292 g/mol. The number of carbonyl (C=O) groups is 1. The molecule has 0 bridgehead atoms. The van der Waals surface area contributed by atoms with Gasteiger partial charge in [0.05, 0.1) is 14.2 Å². The van der Waals surface area contributed by atoms with Crippen molar-refractivity contribution < 1.29 is 13.0 Å². The molecule has 1 aliphatic heterocycles. The fraction of sp³-hybridized carbons (Fsp3) is 0.500. The monoisotopic (exact) mass is 318 g/mol. The first-order valence-corrected chi connectivity index (χ1v) is 7.16. The number of carbonyl (C=O) groups excluding carboxylic acids is 1. The molecule has 3 heterocycles. The lowest BCUT2D eigenvalue weighted by atomic mass is 9.92. The van der Waals surface area contributed by atoms with Gasteiger partial charge in [-0.3, -0.25) is 4.79 Å². The van der Waals surface area contributed by atoms with E-state index in [0.29, 0.717) is 11.0 Å². The lowest BCUT2D eigenvalue weighted by Crippen LogP contribution is -2.53. The van der Waals surface area contributed by atoms with Crippen molar-refractivity contribution in [2.75, 3.05) is 31.5 Å². The number of hydrogen-bond acceptors (Lipinski definition) is 4. The Bertz CT molecular complexity index is 967. The van der Waals surface area contributed by atoms with E-state index in [1.807, 2.05) is 0 Å². The number of likely N-dealkylation sites (N-methyl/N-ethyl adjacent to an activating group) is 1. The minimum atomic E-state index is -2.48. The predicted molar refractivity (Wildman–Crippen MR) is 87.9 cm³/mol. The molecule has 23 heavy (non-hydrogen) atoms. The summed E-state index contributed by atoms with van der Waals surface area (Å²) in [6.45, 7) is 1.44. The second-order valence-corrected chi connectivity index (χ2v) is 5.33. The third kappa shape index (κ3) is 2.84. The smallest absolute Gasteiger partial charge is 0.302 e. The number of nitrogens with zero attached hydrogens (tertiary/aromatic N) is 5. The van der Waals surface area contributed by atoms with E-state index in [9.17, 15) is 4.79 Å². The average molecular weight is 318 g/mol. The van der Waals surface area contributed by atoms with Gasteiger partial charge in [0, 0.05) is 30.4 Å². The lowest BCUT2D eigenvalue weighted by Gasteiger charge is -2.41. The number of hydrogen-bond donors (Lipinski definition) is 1. The van der Waals surface area contributed by atoms with Crippen molar-refractivity contribution in [2.45, 2.75) is 19.3 Å². The molecule has 2 aromatic rings. The van der Waals surface area contributed by atoms with E-state index in [1.165, 1.54) is 11.9 Å². The summed E-state index contributed by atoms with van der Waals surface area (Å²) in [7, 11) is 1.50. The summed E-state index contributed by atoms with van der Waals surface area (Å²) in [6.07, 6.45) is 1.34. The molecule has 7 nitrogen and oxygen atoms in total. The van der Waals surface area contributed by atoms with Crippen LogP contribution in [0.3, 0.4) is 0 Å². The van der Waals surface area contributed by atoms with Gasteiger partial charge in [-0.1, -0.05) is 6.85 Å². The number of nitrogens with one attached hydrogen (secondary N) is 1. The summed E-state index contributed by atoms with van der Waals surface area (Å²) in [4.78, 5) is 28.6. The molecule has 7 heteroatoms. The van der Waals surface area contributed by atoms with Crippen LogP contribution in [0.4, 0.5) is 5.82 Å². The van der Waals surface area contributed by atoms with Crippen molar-refractivity contribution in [1.29, 1.82) is 0 Å². The number of anilines is 1. The Balaban J connectivity index is 2.12. The van der Waals surface area contributed by atoms with Crippen molar-refractivity contribution in [3.8, 4) is 0 Å². The van der Waals surface area contributed by atoms with Crippen molar-refractivity contribution in [3.63, 3.8) is 0 Å². The van der Waals surface area contributed by atoms with Crippen LogP contribution >= 0.6 is 0 Å². The van der Waals surface area contributed by atoms with E-state index in [1.54, 1.807) is 12.3 Å². The van der Waals surface area contributed by atoms with Crippen LogP contribution in [0.1, 0.15) is 21.5 Å². The summed E-state index contributed by atoms with van der Waals surface area (Å²) in [6, 6.07) is 0.386. The molecule has 1 saturated heterocycles. The SMILES string of the molecule is [2H]c1nc(N(C)[C@@H]2[C@H](C([2H])([2H])[2H])CCN(C(=O)C[N+]#[C-])C2([2H])[2H])c2cc[nH]c2n1. The summed E-state index contributed by atoms with van der Waals surface area (Å²) >= 11 is 0. The molecule has 1 fully saturated rings. The second-order valence-electron chi connectivity index (χ2n) is 5.33. The molecule has 2 aromatic heterocycles. The van der Waals surface area contributed by atoms with E-state index in [2.05, 4.69) is 19.8 Å². The zero-order chi connectivity index (χ0) is 21.6. The molecule has 1 amide bonds. The molecular formula is C16H20N6O. The Morgan fingerprint density at radius 1 is 1.74 bits per heavy atom. The molecule has 0 saturated carbocycles. The maximum Gasteiger partial charge on any atom is 0.302 e. The molecule has 3 rings (SSSR count). The van der Waals surface area contributed by atoms with Crippen LogP contribution in [-0.4, -0.2) is 58.4 Å². The van der Waals surface area contributed by atoms with Crippen LogP contribution in [0.25, 0.3) is 15.9 Å². The van der Waals surface area contributed by atoms with Gasteiger partial charge < -0.3 is 19.6 Å². The number of aromatic nitrogens is 3. The van der Waals surface area contributed by atoms with E-state index in [0.717, 1.165) is 4.90 Å². The number of H-pyrrole nitrogens is 1. The minimum absolute atomic E-state index is 0.0455. The maximum atomic E-state index is 12.4. The standard InChI is InChI=1S/C16H20N6O/c1-11-5-7-22(14(23)8-17-2)9-13(11)21(3)16-12-4-6-18-15(12)19-10-20-16/h4,6,10-11,13H,5,7-9H2,1,3H3,(H,18,19,20)/t11-,13+/m1/s1/i1D3,9D2,10D. The largest absolute Gasteiger partial charge is 0.354 e.